The maximum Gasteiger partial charge on any atom is 0.256 e. The van der Waals surface area contributed by atoms with Crippen LogP contribution in [0.2, 0.25) is 20.1 Å². The summed E-state index contributed by atoms with van der Waals surface area (Å²) >= 11 is 29.9. The molecular formula is C30H18Br2Cl4N2O3. The number of carbonyl (C=O) groups excluding carboxylic acids is 3. The third-order valence-electron chi connectivity index (χ3n) is 5.68. The summed E-state index contributed by atoms with van der Waals surface area (Å²) in [5.74, 6) is -0.0966. The van der Waals surface area contributed by atoms with Gasteiger partial charge in [-0.2, -0.15) is 0 Å². The second-order valence-electron chi connectivity index (χ2n) is 8.75. The summed E-state index contributed by atoms with van der Waals surface area (Å²) in [5, 5.41) is 7.95. The average Bonchev–Trinajstić information content (AvgIpc) is 3.40. The van der Waals surface area contributed by atoms with E-state index in [9.17, 15) is 14.4 Å². The van der Waals surface area contributed by atoms with E-state index >= 15 is 0 Å². The number of aldehydes is 1. The highest BCUT2D eigenvalue weighted by atomic mass is 79.9. The Morgan fingerprint density at radius 2 is 1.24 bits per heavy atom. The second-order valence-corrected chi connectivity index (χ2v) is 12.3. The Morgan fingerprint density at radius 1 is 0.659 bits per heavy atom. The van der Waals surface area contributed by atoms with E-state index in [0.29, 0.717) is 37.6 Å². The number of anilines is 2. The maximum absolute atomic E-state index is 12.0. The van der Waals surface area contributed by atoms with E-state index in [0.717, 1.165) is 43.3 Å². The quantitative estimate of drug-likeness (QED) is 0.158. The van der Waals surface area contributed by atoms with Crippen molar-refractivity contribution in [2.45, 2.75) is 6.42 Å². The molecule has 0 radical (unpaired) electrons. The van der Waals surface area contributed by atoms with Crippen LogP contribution in [0.3, 0.4) is 0 Å². The van der Waals surface area contributed by atoms with Gasteiger partial charge >= 0.3 is 0 Å². The lowest BCUT2D eigenvalue weighted by molar-refractivity contribution is -0.115. The Labute approximate surface area is 273 Å². The SMILES string of the molecule is O=C1Cc2ccc(Cl)cc2N1.O=C1Nc2cc(Cl)ccc2C1=Cc1cc(Cl)cc(Br)c1.O=Cc1cc(Cl)cc(Br)c1. The molecule has 2 aliphatic rings. The zero-order valence-corrected chi connectivity index (χ0v) is 27.0. The largest absolute Gasteiger partial charge is 0.325 e. The molecule has 5 nitrogen and oxygen atoms in total. The first-order valence-corrected chi connectivity index (χ1v) is 14.9. The number of halogens is 6. The van der Waals surface area contributed by atoms with Crippen molar-refractivity contribution < 1.29 is 14.4 Å². The monoisotopic (exact) mass is 752 g/mol. The molecule has 0 saturated heterocycles. The molecule has 11 heteroatoms. The molecule has 0 aliphatic carbocycles. The van der Waals surface area contributed by atoms with E-state index in [1.165, 1.54) is 0 Å². The Hall–Kier alpha value is -2.65. The Morgan fingerprint density at radius 3 is 1.88 bits per heavy atom. The average molecular weight is 756 g/mol. The number of hydrogen-bond acceptors (Lipinski definition) is 3. The van der Waals surface area contributed by atoms with Crippen molar-refractivity contribution >= 4 is 119 Å². The fraction of sp³-hybridized carbons (Fsp3) is 0.0333. The standard InChI is InChI=1S/C15H8BrCl2NO.C8H6ClNO.C7H4BrClO/c16-9-3-8(4-11(18)6-9)5-13-12-2-1-10(17)7-14(12)19-15(13)20;9-6-2-1-5-3-8(11)10-7(5)4-6;8-6-1-5(4-10)2-7(9)3-6/h1-7H,(H,19,20);1-2,4H,3H2,(H,10,11);1-4H. The Bertz CT molecular complexity index is 1670. The van der Waals surface area contributed by atoms with Crippen LogP contribution >= 0.6 is 78.3 Å². The van der Waals surface area contributed by atoms with Gasteiger partial charge in [-0.25, -0.2) is 0 Å². The van der Waals surface area contributed by atoms with E-state index in [4.69, 9.17) is 46.4 Å². The van der Waals surface area contributed by atoms with Crippen molar-refractivity contribution in [1.29, 1.82) is 0 Å². The molecule has 6 rings (SSSR count). The molecule has 0 saturated carbocycles. The highest BCUT2D eigenvalue weighted by Gasteiger charge is 2.24. The minimum absolute atomic E-state index is 0.0438. The lowest BCUT2D eigenvalue weighted by Gasteiger charge is -2.01. The summed E-state index contributed by atoms with van der Waals surface area (Å²) in [4.78, 5) is 33.1. The van der Waals surface area contributed by atoms with E-state index in [1.54, 1.807) is 54.6 Å². The van der Waals surface area contributed by atoms with Gasteiger partial charge in [0, 0.05) is 51.4 Å². The summed E-state index contributed by atoms with van der Waals surface area (Å²) < 4.78 is 1.69. The van der Waals surface area contributed by atoms with E-state index in [1.807, 2.05) is 24.3 Å². The van der Waals surface area contributed by atoms with Crippen molar-refractivity contribution in [2.75, 3.05) is 10.6 Å². The zero-order chi connectivity index (χ0) is 29.7. The van der Waals surface area contributed by atoms with Crippen molar-refractivity contribution in [1.82, 2.24) is 0 Å². The van der Waals surface area contributed by atoms with Crippen LogP contribution < -0.4 is 10.6 Å². The molecule has 4 aromatic carbocycles. The molecule has 0 bridgehead atoms. The smallest absolute Gasteiger partial charge is 0.256 e. The molecule has 41 heavy (non-hydrogen) atoms. The van der Waals surface area contributed by atoms with Crippen LogP contribution in [0, 0.1) is 0 Å². The number of amides is 2. The molecule has 4 aromatic rings. The lowest BCUT2D eigenvalue weighted by atomic mass is 10.0. The molecule has 208 valence electrons. The van der Waals surface area contributed by atoms with Gasteiger partial charge in [-0.1, -0.05) is 90.4 Å². The second kappa shape index (κ2) is 14.0. The van der Waals surface area contributed by atoms with Crippen LogP contribution in [-0.2, 0) is 16.0 Å². The molecule has 2 aliphatic heterocycles. The maximum atomic E-state index is 12.0. The van der Waals surface area contributed by atoms with Gasteiger partial charge in [0.2, 0.25) is 5.91 Å². The van der Waals surface area contributed by atoms with Crippen LogP contribution in [0.15, 0.2) is 81.7 Å². The van der Waals surface area contributed by atoms with Crippen molar-refractivity contribution in [2.24, 2.45) is 0 Å². The summed E-state index contributed by atoms with van der Waals surface area (Å²) in [6.07, 6.45) is 3.05. The van der Waals surface area contributed by atoms with Gasteiger partial charge in [0.1, 0.15) is 6.29 Å². The van der Waals surface area contributed by atoms with E-state index in [-0.39, 0.29) is 11.8 Å². The third-order valence-corrected chi connectivity index (χ3v) is 7.50. The van der Waals surface area contributed by atoms with Gasteiger partial charge in [0.25, 0.3) is 5.91 Å². The molecule has 2 N–H and O–H groups in total. The van der Waals surface area contributed by atoms with Crippen LogP contribution in [0.25, 0.3) is 11.6 Å². The number of nitrogens with one attached hydrogen (secondary N) is 2. The number of carbonyl (C=O) groups is 3. The molecule has 0 aromatic heterocycles. The number of fused-ring (bicyclic) bond motifs is 2. The van der Waals surface area contributed by atoms with Crippen molar-refractivity contribution in [3.05, 3.63) is 124 Å². The predicted molar refractivity (Wildman–Crippen MR) is 175 cm³/mol. The highest BCUT2D eigenvalue weighted by molar-refractivity contribution is 9.10. The molecule has 2 amide bonds. The molecule has 0 spiro atoms. The van der Waals surface area contributed by atoms with Gasteiger partial charge in [-0.05, 0) is 77.9 Å². The van der Waals surface area contributed by atoms with E-state index < -0.39 is 0 Å². The Kier molecular flexibility index (Phi) is 10.7. The number of rotatable bonds is 2. The normalized spacial score (nSPS) is 13.7. The van der Waals surface area contributed by atoms with Gasteiger partial charge in [-0.15, -0.1) is 0 Å². The zero-order valence-electron chi connectivity index (χ0n) is 20.8. The molecular weight excluding hydrogens is 738 g/mol. The van der Waals surface area contributed by atoms with Crippen molar-refractivity contribution in [3.63, 3.8) is 0 Å². The van der Waals surface area contributed by atoms with Gasteiger partial charge in [0.15, 0.2) is 0 Å². The predicted octanol–water partition coefficient (Wildman–Crippen LogP) is 10.00. The minimum atomic E-state index is -0.140. The van der Waals surface area contributed by atoms with Gasteiger partial charge < -0.3 is 10.6 Å². The number of hydrogen-bond donors (Lipinski definition) is 2. The summed E-state index contributed by atoms with van der Waals surface area (Å²) in [6.45, 7) is 0. The highest BCUT2D eigenvalue weighted by Crippen LogP contribution is 2.35. The summed E-state index contributed by atoms with van der Waals surface area (Å²) in [6, 6.07) is 21.3. The lowest BCUT2D eigenvalue weighted by Crippen LogP contribution is -2.03. The third kappa shape index (κ3) is 8.67. The minimum Gasteiger partial charge on any atom is -0.325 e. The number of benzene rings is 4. The summed E-state index contributed by atoms with van der Waals surface area (Å²) in [7, 11) is 0. The van der Waals surface area contributed by atoms with Gasteiger partial charge in [-0.3, -0.25) is 14.4 Å². The van der Waals surface area contributed by atoms with E-state index in [2.05, 4.69) is 42.5 Å². The molecule has 0 fully saturated rings. The van der Waals surface area contributed by atoms with Crippen LogP contribution in [0.1, 0.15) is 27.0 Å². The van der Waals surface area contributed by atoms with Crippen LogP contribution in [0.4, 0.5) is 11.4 Å². The van der Waals surface area contributed by atoms with Gasteiger partial charge in [0.05, 0.1) is 12.1 Å². The first-order chi connectivity index (χ1) is 19.5. The van der Waals surface area contributed by atoms with Crippen LogP contribution in [-0.4, -0.2) is 18.1 Å². The topological polar surface area (TPSA) is 75.3 Å². The van der Waals surface area contributed by atoms with Crippen LogP contribution in [0.5, 0.6) is 0 Å². The molecule has 0 unspecified atom stereocenters. The first kappa shape index (κ1) is 31.3. The first-order valence-electron chi connectivity index (χ1n) is 11.8. The summed E-state index contributed by atoms with van der Waals surface area (Å²) in [5.41, 5.74) is 5.50. The fourth-order valence-corrected chi connectivity index (χ4v) is 6.08. The fourth-order valence-electron chi connectivity index (χ4n) is 3.96. The molecule has 0 atom stereocenters. The molecule has 2 heterocycles. The Balaban J connectivity index is 0.000000156. The van der Waals surface area contributed by atoms with Crippen molar-refractivity contribution in [3.8, 4) is 0 Å².